The Bertz CT molecular complexity index is 1320. The molecule has 8 heteroatoms. The van der Waals surface area contributed by atoms with Crippen LogP contribution in [0.3, 0.4) is 0 Å². The summed E-state index contributed by atoms with van der Waals surface area (Å²) in [5.41, 5.74) is 1.18. The zero-order valence-corrected chi connectivity index (χ0v) is 20.5. The molecule has 3 nitrogen and oxygen atoms in total. The molecule has 2 unspecified atom stereocenters. The lowest BCUT2D eigenvalue weighted by molar-refractivity contribution is 0.0341. The fourth-order valence-corrected chi connectivity index (χ4v) is 4.42. The molecule has 3 aromatic rings. The molecule has 3 aromatic carbocycles. The zero-order valence-electron chi connectivity index (χ0n) is 20.5. The topological polar surface area (TPSA) is 38.7 Å². The Morgan fingerprint density at radius 3 is 2.32 bits per heavy atom. The van der Waals surface area contributed by atoms with Crippen molar-refractivity contribution in [3.63, 3.8) is 0 Å². The predicted molar refractivity (Wildman–Crippen MR) is 130 cm³/mol. The highest BCUT2D eigenvalue weighted by Gasteiger charge is 2.22. The minimum Gasteiger partial charge on any atom is -0.491 e. The Morgan fingerprint density at radius 1 is 0.919 bits per heavy atom. The largest absolute Gasteiger partial charge is 0.491 e. The summed E-state index contributed by atoms with van der Waals surface area (Å²) >= 11 is 0. The molecule has 0 amide bonds. The average molecular weight is 519 g/mol. The van der Waals surface area contributed by atoms with E-state index in [9.17, 15) is 27.1 Å². The van der Waals surface area contributed by atoms with Gasteiger partial charge in [-0.15, -0.1) is 0 Å². The van der Waals surface area contributed by atoms with Gasteiger partial charge in [0.15, 0.2) is 23.2 Å². The molecule has 0 heterocycles. The van der Waals surface area contributed by atoms with E-state index in [1.807, 2.05) is 6.08 Å². The molecule has 0 aliphatic heterocycles. The summed E-state index contributed by atoms with van der Waals surface area (Å²) in [6, 6.07) is 9.63. The summed E-state index contributed by atoms with van der Waals surface area (Å²) in [6.07, 6.45) is 1.93. The molecule has 196 valence electrons. The van der Waals surface area contributed by atoms with Gasteiger partial charge in [-0.1, -0.05) is 30.3 Å². The molecule has 0 radical (unpaired) electrons. The number of benzene rings is 3. The van der Waals surface area contributed by atoms with Gasteiger partial charge in [0.25, 0.3) is 0 Å². The van der Waals surface area contributed by atoms with Crippen molar-refractivity contribution in [2.24, 2.45) is 0 Å². The molecule has 1 N–H and O–H groups in total. The number of aliphatic hydroxyl groups is 1. The lowest BCUT2D eigenvalue weighted by atomic mass is 9.90. The lowest BCUT2D eigenvalue weighted by Gasteiger charge is -2.23. The Labute approximate surface area is 212 Å². The minimum atomic E-state index is -1.12. The van der Waals surface area contributed by atoms with Crippen LogP contribution in [0.5, 0.6) is 5.75 Å². The van der Waals surface area contributed by atoms with Crippen molar-refractivity contribution in [3.8, 4) is 16.9 Å². The summed E-state index contributed by atoms with van der Waals surface area (Å²) in [5, 5.41) is 9.51. The van der Waals surface area contributed by atoms with Crippen molar-refractivity contribution in [2.75, 3.05) is 6.61 Å². The summed E-state index contributed by atoms with van der Waals surface area (Å²) in [7, 11) is 0. The van der Waals surface area contributed by atoms with E-state index in [4.69, 9.17) is 9.47 Å². The number of ether oxygens (including phenoxy) is 2. The van der Waals surface area contributed by atoms with Crippen LogP contribution < -0.4 is 4.74 Å². The molecule has 37 heavy (non-hydrogen) atoms. The Hall–Kier alpha value is -3.23. The second-order valence-electron chi connectivity index (χ2n) is 8.92. The van der Waals surface area contributed by atoms with E-state index in [0.717, 1.165) is 5.57 Å². The van der Waals surface area contributed by atoms with Crippen LogP contribution in [0.4, 0.5) is 22.0 Å². The third kappa shape index (κ3) is 5.70. The summed E-state index contributed by atoms with van der Waals surface area (Å²) in [6.45, 7) is 3.07. The monoisotopic (exact) mass is 518 g/mol. The molecule has 0 fully saturated rings. The van der Waals surface area contributed by atoms with Crippen molar-refractivity contribution in [2.45, 2.75) is 51.9 Å². The second kappa shape index (κ2) is 11.4. The third-order valence-corrected chi connectivity index (χ3v) is 6.45. The van der Waals surface area contributed by atoms with E-state index in [1.54, 1.807) is 6.92 Å². The maximum atomic E-state index is 15.0. The number of rotatable bonds is 8. The Kier molecular flexibility index (Phi) is 8.29. The summed E-state index contributed by atoms with van der Waals surface area (Å²) in [5.74, 6) is -5.12. The minimum absolute atomic E-state index is 0.0521. The first-order valence-corrected chi connectivity index (χ1v) is 12.1. The highest BCUT2D eigenvalue weighted by Crippen LogP contribution is 2.35. The van der Waals surface area contributed by atoms with Crippen LogP contribution >= 0.6 is 0 Å². The van der Waals surface area contributed by atoms with Crippen molar-refractivity contribution in [1.82, 2.24) is 0 Å². The van der Waals surface area contributed by atoms with Crippen LogP contribution in [0, 0.1) is 29.1 Å². The molecule has 0 aromatic heterocycles. The normalized spacial score (nSPS) is 16.4. The fraction of sp³-hybridized carbons (Fsp3) is 0.310. The molecular formula is C29H27F5O3. The number of hydrogen-bond acceptors (Lipinski definition) is 3. The van der Waals surface area contributed by atoms with Crippen LogP contribution in [-0.2, 0) is 11.3 Å². The van der Waals surface area contributed by atoms with Crippen LogP contribution in [0.15, 0.2) is 48.5 Å². The molecule has 1 aliphatic carbocycles. The Balaban J connectivity index is 1.43. The van der Waals surface area contributed by atoms with E-state index in [-0.39, 0.29) is 47.3 Å². The fourth-order valence-electron chi connectivity index (χ4n) is 4.42. The third-order valence-electron chi connectivity index (χ3n) is 6.45. The number of halogens is 5. The standard InChI is InChI=1S/C29H27F5O3/c1-3-36-25-13-12-23(28(33)29(25)34)18-6-11-22(24(30)14-18)17-4-8-20(9-5-17)37-15-19-7-10-21(16(2)35)27(32)26(19)31/h4,6-7,10-14,16,20,35H,3,5,8-9,15H2,1-2H3. The maximum absolute atomic E-state index is 15.0. The second-order valence-corrected chi connectivity index (χ2v) is 8.92. The van der Waals surface area contributed by atoms with Crippen LogP contribution in [0.1, 0.15) is 55.9 Å². The van der Waals surface area contributed by atoms with E-state index < -0.39 is 35.2 Å². The van der Waals surface area contributed by atoms with Gasteiger partial charge in [-0.25, -0.2) is 17.6 Å². The van der Waals surface area contributed by atoms with Crippen LogP contribution in [-0.4, -0.2) is 17.8 Å². The van der Waals surface area contributed by atoms with E-state index in [1.165, 1.54) is 49.4 Å². The van der Waals surface area contributed by atoms with Gasteiger partial charge in [-0.05, 0) is 62.4 Å². The number of aliphatic hydroxyl groups excluding tert-OH is 1. The number of hydrogen-bond donors (Lipinski definition) is 1. The first-order valence-electron chi connectivity index (χ1n) is 12.1. The van der Waals surface area contributed by atoms with E-state index in [0.29, 0.717) is 24.8 Å². The maximum Gasteiger partial charge on any atom is 0.201 e. The average Bonchev–Trinajstić information content (AvgIpc) is 2.88. The molecule has 1 aliphatic rings. The SMILES string of the molecule is CCOc1ccc(-c2ccc(C3=CCC(OCc4ccc(C(C)O)c(F)c4F)CC3)c(F)c2)c(F)c1F. The van der Waals surface area contributed by atoms with Crippen LogP contribution in [0.2, 0.25) is 0 Å². The quantitative estimate of drug-likeness (QED) is 0.311. The predicted octanol–water partition coefficient (Wildman–Crippen LogP) is 7.65. The number of allylic oxidation sites excluding steroid dienone is 1. The van der Waals surface area contributed by atoms with E-state index in [2.05, 4.69) is 0 Å². The smallest absolute Gasteiger partial charge is 0.201 e. The summed E-state index contributed by atoms with van der Waals surface area (Å²) in [4.78, 5) is 0. The van der Waals surface area contributed by atoms with E-state index >= 15 is 0 Å². The van der Waals surface area contributed by atoms with Gasteiger partial charge >= 0.3 is 0 Å². The van der Waals surface area contributed by atoms with Gasteiger partial charge in [-0.3, -0.25) is 0 Å². The highest BCUT2D eigenvalue weighted by molar-refractivity contribution is 5.72. The van der Waals surface area contributed by atoms with Crippen molar-refractivity contribution in [3.05, 3.63) is 94.3 Å². The van der Waals surface area contributed by atoms with Gasteiger partial charge < -0.3 is 14.6 Å². The Morgan fingerprint density at radius 2 is 1.68 bits per heavy atom. The van der Waals surface area contributed by atoms with Gasteiger partial charge in [0.2, 0.25) is 5.82 Å². The molecule has 0 saturated carbocycles. The highest BCUT2D eigenvalue weighted by atomic mass is 19.2. The first kappa shape index (κ1) is 26.8. The van der Waals surface area contributed by atoms with Gasteiger partial charge in [0.1, 0.15) is 5.82 Å². The van der Waals surface area contributed by atoms with Crippen molar-refractivity contribution >= 4 is 5.57 Å². The lowest BCUT2D eigenvalue weighted by Crippen LogP contribution is -2.16. The van der Waals surface area contributed by atoms with Crippen LogP contribution in [0.25, 0.3) is 16.7 Å². The van der Waals surface area contributed by atoms with Gasteiger partial charge in [0.05, 0.1) is 25.4 Å². The molecule has 0 saturated heterocycles. The zero-order chi connectivity index (χ0) is 26.7. The van der Waals surface area contributed by atoms with Crippen molar-refractivity contribution < 1.29 is 36.5 Å². The van der Waals surface area contributed by atoms with Gasteiger partial charge in [-0.2, -0.15) is 4.39 Å². The first-order chi connectivity index (χ1) is 17.7. The van der Waals surface area contributed by atoms with Crippen molar-refractivity contribution in [1.29, 1.82) is 0 Å². The van der Waals surface area contributed by atoms with Gasteiger partial charge in [0, 0.05) is 22.3 Å². The molecule has 0 spiro atoms. The summed E-state index contributed by atoms with van der Waals surface area (Å²) < 4.78 is 83.0. The molecule has 0 bridgehead atoms. The molecule has 2 atom stereocenters. The molecule has 4 rings (SSSR count). The molecular weight excluding hydrogens is 491 g/mol.